The Bertz CT molecular complexity index is 673. The molecule has 2 fully saturated rings. The lowest BCUT2D eigenvalue weighted by Crippen LogP contribution is -2.38. The number of amides is 1. The molecule has 0 aliphatic heterocycles. The fourth-order valence-corrected chi connectivity index (χ4v) is 3.61. The number of nitrogens with zero attached hydrogens (tertiary/aromatic N) is 1. The van der Waals surface area contributed by atoms with Gasteiger partial charge in [-0.15, -0.1) is 24.0 Å². The Morgan fingerprint density at radius 3 is 2.70 bits per heavy atom. The monoisotopic (exact) mass is 528 g/mol. The van der Waals surface area contributed by atoms with Crippen molar-refractivity contribution in [3.63, 3.8) is 0 Å². The number of benzene rings is 1. The summed E-state index contributed by atoms with van der Waals surface area (Å²) in [4.78, 5) is 17.0. The van der Waals surface area contributed by atoms with E-state index >= 15 is 0 Å². The number of hydrogen-bond acceptors (Lipinski definition) is 3. The van der Waals surface area contributed by atoms with Crippen LogP contribution in [0.3, 0.4) is 0 Å². The van der Waals surface area contributed by atoms with E-state index in [2.05, 4.69) is 27.9 Å². The molecule has 0 unspecified atom stereocenters. The fraction of sp³-hybridized carbons (Fsp3) is 0.652. The zero-order valence-corrected chi connectivity index (χ0v) is 20.5. The van der Waals surface area contributed by atoms with Crippen LogP contribution in [0, 0.1) is 11.8 Å². The third kappa shape index (κ3) is 9.20. The molecule has 0 saturated heterocycles. The minimum atomic E-state index is 0. The van der Waals surface area contributed by atoms with Crippen LogP contribution in [0.1, 0.15) is 57.4 Å². The number of nitrogens with one attached hydrogen (secondary N) is 3. The van der Waals surface area contributed by atoms with E-state index in [1.54, 1.807) is 0 Å². The lowest BCUT2D eigenvalue weighted by molar-refractivity contribution is -0.119. The second kappa shape index (κ2) is 13.9. The molecule has 3 N–H and O–H groups in total. The highest BCUT2D eigenvalue weighted by Crippen LogP contribution is 2.28. The molecule has 0 radical (unpaired) electrons. The van der Waals surface area contributed by atoms with Crippen LogP contribution in [-0.2, 0) is 16.1 Å². The van der Waals surface area contributed by atoms with E-state index < -0.39 is 0 Å². The fourth-order valence-electron chi connectivity index (χ4n) is 3.61. The molecular formula is C23H37IN4O2. The van der Waals surface area contributed by atoms with Crippen molar-refractivity contribution in [3.8, 4) is 0 Å². The number of halogens is 1. The predicted molar refractivity (Wildman–Crippen MR) is 133 cm³/mol. The molecule has 0 bridgehead atoms. The average molecular weight is 528 g/mol. The molecule has 1 amide bonds. The van der Waals surface area contributed by atoms with E-state index in [1.165, 1.54) is 25.7 Å². The van der Waals surface area contributed by atoms with E-state index in [9.17, 15) is 4.79 Å². The van der Waals surface area contributed by atoms with Gasteiger partial charge in [-0.2, -0.15) is 0 Å². The number of rotatable bonds is 11. The third-order valence-electron chi connectivity index (χ3n) is 5.49. The van der Waals surface area contributed by atoms with Crippen LogP contribution in [0.4, 0.5) is 5.69 Å². The Kier molecular flexibility index (Phi) is 11.5. The summed E-state index contributed by atoms with van der Waals surface area (Å²) in [7, 11) is 0. The first-order valence-corrected chi connectivity index (χ1v) is 11.2. The van der Waals surface area contributed by atoms with Gasteiger partial charge in [0.15, 0.2) is 5.96 Å². The van der Waals surface area contributed by atoms with Crippen molar-refractivity contribution in [1.29, 1.82) is 0 Å². The van der Waals surface area contributed by atoms with Crippen molar-refractivity contribution in [3.05, 3.63) is 29.8 Å². The zero-order valence-electron chi connectivity index (χ0n) is 18.1. The first-order valence-electron chi connectivity index (χ1n) is 11.2. The summed E-state index contributed by atoms with van der Waals surface area (Å²) in [5.74, 6) is 1.96. The largest absolute Gasteiger partial charge is 0.381 e. The van der Waals surface area contributed by atoms with Crippen LogP contribution < -0.4 is 16.0 Å². The summed E-state index contributed by atoms with van der Waals surface area (Å²) >= 11 is 0. The van der Waals surface area contributed by atoms with Gasteiger partial charge in [0.1, 0.15) is 0 Å². The van der Waals surface area contributed by atoms with E-state index in [0.29, 0.717) is 6.54 Å². The molecule has 7 heteroatoms. The first-order chi connectivity index (χ1) is 14.2. The van der Waals surface area contributed by atoms with Crippen molar-refractivity contribution in [2.45, 2.75) is 58.4 Å². The molecule has 0 aromatic heterocycles. The first kappa shape index (κ1) is 24.9. The van der Waals surface area contributed by atoms with Crippen molar-refractivity contribution in [2.75, 3.05) is 31.6 Å². The third-order valence-corrected chi connectivity index (χ3v) is 5.49. The summed E-state index contributed by atoms with van der Waals surface area (Å²) in [5.41, 5.74) is 1.94. The molecule has 30 heavy (non-hydrogen) atoms. The van der Waals surface area contributed by atoms with Crippen LogP contribution in [-0.4, -0.2) is 38.2 Å². The van der Waals surface area contributed by atoms with Crippen molar-refractivity contribution >= 4 is 41.5 Å². The van der Waals surface area contributed by atoms with Gasteiger partial charge in [-0.25, -0.2) is 4.99 Å². The molecule has 2 saturated carbocycles. The van der Waals surface area contributed by atoms with Gasteiger partial charge in [0, 0.05) is 37.9 Å². The van der Waals surface area contributed by atoms with Gasteiger partial charge in [0.25, 0.3) is 0 Å². The zero-order chi connectivity index (χ0) is 20.3. The van der Waals surface area contributed by atoms with E-state index in [-0.39, 0.29) is 35.8 Å². The van der Waals surface area contributed by atoms with Crippen molar-refractivity contribution in [1.82, 2.24) is 10.6 Å². The predicted octanol–water partition coefficient (Wildman–Crippen LogP) is 4.31. The molecule has 0 heterocycles. The highest BCUT2D eigenvalue weighted by atomic mass is 127. The molecule has 1 aromatic rings. The van der Waals surface area contributed by atoms with Crippen LogP contribution in [0.15, 0.2) is 29.3 Å². The van der Waals surface area contributed by atoms with Gasteiger partial charge in [0.05, 0.1) is 6.54 Å². The van der Waals surface area contributed by atoms with Gasteiger partial charge < -0.3 is 20.7 Å². The lowest BCUT2D eigenvalue weighted by atomic mass is 10.1. The Labute approximate surface area is 198 Å². The second-order valence-corrected chi connectivity index (χ2v) is 8.16. The Hall–Kier alpha value is -1.35. The number of aliphatic imine (C=N–C) groups is 1. The number of carbonyl (C=O) groups is 1. The van der Waals surface area contributed by atoms with Gasteiger partial charge in [-0.1, -0.05) is 25.0 Å². The highest BCUT2D eigenvalue weighted by molar-refractivity contribution is 14.0. The maximum atomic E-state index is 12.3. The SMILES string of the molecule is CCNC(=NCc1cccc(NC(=O)C2CCCC2)c1)NCCCOCC1CC1.I. The van der Waals surface area contributed by atoms with Gasteiger partial charge >= 0.3 is 0 Å². The Morgan fingerprint density at radius 1 is 1.17 bits per heavy atom. The number of carbonyl (C=O) groups excluding carboxylic acids is 1. The van der Waals surface area contributed by atoms with Crippen LogP contribution in [0.5, 0.6) is 0 Å². The van der Waals surface area contributed by atoms with E-state index in [0.717, 1.165) is 68.7 Å². The molecule has 2 aliphatic carbocycles. The minimum Gasteiger partial charge on any atom is -0.381 e. The topological polar surface area (TPSA) is 74.8 Å². The van der Waals surface area contributed by atoms with Crippen LogP contribution >= 0.6 is 24.0 Å². The lowest BCUT2D eigenvalue weighted by Gasteiger charge is -2.12. The molecule has 2 aliphatic rings. The maximum Gasteiger partial charge on any atom is 0.227 e. The van der Waals surface area contributed by atoms with Crippen molar-refractivity contribution < 1.29 is 9.53 Å². The number of guanidine groups is 1. The minimum absolute atomic E-state index is 0. The Morgan fingerprint density at radius 2 is 1.97 bits per heavy atom. The van der Waals surface area contributed by atoms with Crippen molar-refractivity contribution in [2.24, 2.45) is 16.8 Å². The molecular weight excluding hydrogens is 491 g/mol. The van der Waals surface area contributed by atoms with E-state index in [1.807, 2.05) is 24.3 Å². The maximum absolute atomic E-state index is 12.3. The Balaban J connectivity index is 0.00000320. The van der Waals surface area contributed by atoms with Crippen LogP contribution in [0.25, 0.3) is 0 Å². The molecule has 168 valence electrons. The molecule has 1 aromatic carbocycles. The number of ether oxygens (including phenoxy) is 1. The number of hydrogen-bond donors (Lipinski definition) is 3. The number of anilines is 1. The van der Waals surface area contributed by atoms with Gasteiger partial charge in [-0.05, 0) is 62.6 Å². The summed E-state index contributed by atoms with van der Waals surface area (Å²) in [5, 5.41) is 9.72. The average Bonchev–Trinajstić information content (AvgIpc) is 3.38. The quantitative estimate of drug-likeness (QED) is 0.173. The summed E-state index contributed by atoms with van der Waals surface area (Å²) in [6.07, 6.45) is 8.00. The highest BCUT2D eigenvalue weighted by Gasteiger charge is 2.22. The van der Waals surface area contributed by atoms with Crippen LogP contribution in [0.2, 0.25) is 0 Å². The molecule has 0 atom stereocenters. The standard InChI is InChI=1S/C23H36N4O2.HI/c1-2-24-23(25-13-6-14-29-17-18-11-12-18)26-16-19-7-5-10-21(15-19)27-22(28)20-8-3-4-9-20;/h5,7,10,15,18,20H,2-4,6,8-9,11-14,16-17H2,1H3,(H,27,28)(H2,24,25,26);1H. The molecule has 6 nitrogen and oxygen atoms in total. The summed E-state index contributed by atoms with van der Waals surface area (Å²) < 4.78 is 5.68. The normalized spacial score (nSPS) is 16.8. The molecule has 0 spiro atoms. The molecule has 3 rings (SSSR count). The van der Waals surface area contributed by atoms with E-state index in [4.69, 9.17) is 4.74 Å². The smallest absolute Gasteiger partial charge is 0.227 e. The second-order valence-electron chi connectivity index (χ2n) is 8.16. The summed E-state index contributed by atoms with van der Waals surface area (Å²) in [6.45, 7) is 6.01. The van der Waals surface area contributed by atoms with Gasteiger partial charge in [-0.3, -0.25) is 4.79 Å². The van der Waals surface area contributed by atoms with Gasteiger partial charge in [0.2, 0.25) is 5.91 Å². The summed E-state index contributed by atoms with van der Waals surface area (Å²) in [6, 6.07) is 7.99.